The lowest BCUT2D eigenvalue weighted by atomic mass is 10.0. The van der Waals surface area contributed by atoms with Crippen LogP contribution in [0.15, 0.2) is 0 Å². The number of carbonyl (C=O) groups is 1. The van der Waals surface area contributed by atoms with Crippen molar-refractivity contribution in [1.29, 1.82) is 0 Å². The molecule has 0 aromatic rings. The molecule has 0 heterocycles. The molecule has 0 spiro atoms. The second-order valence-electron chi connectivity index (χ2n) is 11.9. The summed E-state index contributed by atoms with van der Waals surface area (Å²) >= 11 is 0. The van der Waals surface area contributed by atoms with Gasteiger partial charge in [0.05, 0.1) is 18.8 Å². The molecular weight excluding hydrogens is 494 g/mol. The lowest BCUT2D eigenvalue weighted by molar-refractivity contribution is -0.123. The molecule has 1 amide bonds. The number of aliphatic hydroxyl groups excluding tert-OH is 2. The van der Waals surface area contributed by atoms with E-state index >= 15 is 0 Å². The fourth-order valence-electron chi connectivity index (χ4n) is 5.42. The van der Waals surface area contributed by atoms with Gasteiger partial charge in [-0.3, -0.25) is 4.79 Å². The van der Waals surface area contributed by atoms with Crippen molar-refractivity contribution in [1.82, 2.24) is 5.32 Å². The molecule has 0 aliphatic rings. The summed E-state index contributed by atoms with van der Waals surface area (Å²) in [4.78, 5) is 12.3. The monoisotopic (exact) mass is 570 g/mol. The van der Waals surface area contributed by atoms with Crippen LogP contribution in [0.1, 0.15) is 207 Å². The van der Waals surface area contributed by atoms with Gasteiger partial charge in [0.25, 0.3) is 0 Å². The van der Waals surface area contributed by atoms with E-state index in [1.54, 1.807) is 0 Å². The third kappa shape index (κ3) is 31.9. The summed E-state index contributed by atoms with van der Waals surface area (Å²) in [5.74, 6) is -0.0310. The average molecular weight is 570 g/mol. The number of amides is 1. The van der Waals surface area contributed by atoms with Crippen molar-refractivity contribution >= 4 is 5.91 Å². The smallest absolute Gasteiger partial charge is 0.220 e. The quantitative estimate of drug-likeness (QED) is 0.0727. The third-order valence-electron chi connectivity index (χ3n) is 8.12. The number of rotatable bonds is 31. The van der Waals surface area contributed by atoms with Crippen molar-refractivity contribution in [2.24, 2.45) is 0 Å². The molecule has 0 radical (unpaired) electrons. The molecule has 0 aliphatic carbocycles. The molecule has 242 valence electrons. The Hall–Kier alpha value is -0.610. The van der Waals surface area contributed by atoms with E-state index in [1.165, 1.54) is 141 Å². The van der Waals surface area contributed by atoms with Crippen LogP contribution >= 0.6 is 0 Å². The first kappa shape index (κ1) is 41.5. The molecule has 3 N–H and O–H groups in total. The van der Waals surface area contributed by atoms with Crippen LogP contribution < -0.4 is 5.32 Å². The summed E-state index contributed by atoms with van der Waals surface area (Å²) in [5.41, 5.74) is 0. The number of hydrogen-bond donors (Lipinski definition) is 3. The molecule has 2 unspecified atom stereocenters. The zero-order chi connectivity index (χ0) is 29.9. The van der Waals surface area contributed by atoms with Crippen LogP contribution in [0.5, 0.6) is 0 Å². The van der Waals surface area contributed by atoms with Crippen molar-refractivity contribution in [3.8, 4) is 0 Å². The normalized spacial score (nSPS) is 12.6. The second kappa shape index (κ2) is 36.4. The minimum Gasteiger partial charge on any atom is -0.394 e. The second-order valence-corrected chi connectivity index (χ2v) is 11.9. The van der Waals surface area contributed by atoms with Crippen molar-refractivity contribution in [3.63, 3.8) is 0 Å². The van der Waals surface area contributed by atoms with Crippen LogP contribution in [-0.4, -0.2) is 34.9 Å². The molecule has 0 aromatic carbocycles. The van der Waals surface area contributed by atoms with E-state index in [1.807, 2.05) is 13.8 Å². The van der Waals surface area contributed by atoms with Gasteiger partial charge in [-0.2, -0.15) is 0 Å². The molecule has 4 nitrogen and oxygen atoms in total. The fraction of sp³-hybridized carbons (Fsp3) is 0.972. The molecule has 0 rings (SSSR count). The topological polar surface area (TPSA) is 69.6 Å². The number of carbonyl (C=O) groups excluding carboxylic acids is 1. The Morgan fingerprint density at radius 1 is 0.525 bits per heavy atom. The standard InChI is InChI=1S/C34H69NO3.C2H6/c1-3-5-7-9-11-13-15-17-19-21-23-25-27-29-33(37)32(31-36)35-34(38)30-28-26-24-22-20-18-16-14-12-10-8-6-4-2;1-2/h32-33,36-37H,3-31H2,1-2H3,(H,35,38);1-2H3. The minimum atomic E-state index is -0.650. The maximum absolute atomic E-state index is 12.3. The van der Waals surface area contributed by atoms with E-state index in [9.17, 15) is 15.0 Å². The molecule has 0 saturated heterocycles. The van der Waals surface area contributed by atoms with Gasteiger partial charge in [0.1, 0.15) is 0 Å². The minimum absolute atomic E-state index is 0.0310. The van der Waals surface area contributed by atoms with Gasteiger partial charge in [0.2, 0.25) is 5.91 Å². The highest BCUT2D eigenvalue weighted by atomic mass is 16.3. The largest absolute Gasteiger partial charge is 0.394 e. The van der Waals surface area contributed by atoms with Crippen molar-refractivity contribution in [3.05, 3.63) is 0 Å². The molecule has 0 saturated carbocycles. The van der Waals surface area contributed by atoms with Crippen LogP contribution in [0.3, 0.4) is 0 Å². The van der Waals surface area contributed by atoms with E-state index in [2.05, 4.69) is 19.2 Å². The van der Waals surface area contributed by atoms with E-state index in [4.69, 9.17) is 0 Å². The van der Waals surface area contributed by atoms with Gasteiger partial charge in [-0.15, -0.1) is 0 Å². The maximum atomic E-state index is 12.3. The molecular formula is C36H75NO3. The van der Waals surface area contributed by atoms with E-state index in [0.717, 1.165) is 25.7 Å². The van der Waals surface area contributed by atoms with Gasteiger partial charge in [0, 0.05) is 6.42 Å². The van der Waals surface area contributed by atoms with Crippen molar-refractivity contribution < 1.29 is 15.0 Å². The molecule has 0 fully saturated rings. The van der Waals surface area contributed by atoms with E-state index in [-0.39, 0.29) is 12.5 Å². The van der Waals surface area contributed by atoms with Crippen LogP contribution in [0.2, 0.25) is 0 Å². The summed E-state index contributed by atoms with van der Waals surface area (Å²) in [7, 11) is 0. The lowest BCUT2D eigenvalue weighted by Gasteiger charge is -2.22. The summed E-state index contributed by atoms with van der Waals surface area (Å²) in [6, 6.07) is -0.526. The first-order chi connectivity index (χ1) is 19.7. The Bertz CT molecular complexity index is 471. The molecule has 40 heavy (non-hydrogen) atoms. The Labute approximate surface area is 252 Å². The SMILES string of the molecule is CC.CCCCCCCCCCCCCCCC(=O)NC(CO)C(O)CCCCCCCCCCCCCCC. The van der Waals surface area contributed by atoms with Crippen LogP contribution in [0, 0.1) is 0 Å². The summed E-state index contributed by atoms with van der Waals surface area (Å²) in [6.07, 6.45) is 34.3. The molecule has 0 aromatic heterocycles. The molecule has 4 heteroatoms. The number of nitrogens with one attached hydrogen (secondary N) is 1. The molecule has 0 bridgehead atoms. The highest BCUT2D eigenvalue weighted by Crippen LogP contribution is 2.15. The average Bonchev–Trinajstić information content (AvgIpc) is 2.97. The number of unbranched alkanes of at least 4 members (excludes halogenated alkanes) is 24. The van der Waals surface area contributed by atoms with E-state index in [0.29, 0.717) is 12.8 Å². The van der Waals surface area contributed by atoms with Gasteiger partial charge in [-0.25, -0.2) is 0 Å². The Morgan fingerprint density at radius 3 is 1.15 bits per heavy atom. The first-order valence-electron chi connectivity index (χ1n) is 18.2. The number of aliphatic hydroxyl groups is 2. The van der Waals surface area contributed by atoms with Gasteiger partial charge in [-0.05, 0) is 12.8 Å². The van der Waals surface area contributed by atoms with Gasteiger partial charge in [-0.1, -0.05) is 188 Å². The summed E-state index contributed by atoms with van der Waals surface area (Å²) < 4.78 is 0. The predicted octanol–water partition coefficient (Wildman–Crippen LogP) is 10.8. The van der Waals surface area contributed by atoms with Crippen LogP contribution in [-0.2, 0) is 4.79 Å². The zero-order valence-corrected chi connectivity index (χ0v) is 28.0. The molecule has 2 atom stereocenters. The third-order valence-corrected chi connectivity index (χ3v) is 8.12. The van der Waals surface area contributed by atoms with E-state index < -0.39 is 12.1 Å². The van der Waals surface area contributed by atoms with Gasteiger partial charge >= 0.3 is 0 Å². The summed E-state index contributed by atoms with van der Waals surface area (Å²) in [6.45, 7) is 8.35. The lowest BCUT2D eigenvalue weighted by Crippen LogP contribution is -2.45. The Balaban J connectivity index is 0. The van der Waals surface area contributed by atoms with Crippen molar-refractivity contribution in [2.75, 3.05) is 6.61 Å². The fourth-order valence-corrected chi connectivity index (χ4v) is 5.42. The van der Waals surface area contributed by atoms with Crippen LogP contribution in [0.25, 0.3) is 0 Å². The van der Waals surface area contributed by atoms with Crippen LogP contribution in [0.4, 0.5) is 0 Å². The highest BCUT2D eigenvalue weighted by molar-refractivity contribution is 5.76. The highest BCUT2D eigenvalue weighted by Gasteiger charge is 2.19. The molecule has 0 aliphatic heterocycles. The van der Waals surface area contributed by atoms with Gasteiger partial charge < -0.3 is 15.5 Å². The zero-order valence-electron chi connectivity index (χ0n) is 28.0. The predicted molar refractivity (Wildman–Crippen MR) is 177 cm³/mol. The first-order valence-corrected chi connectivity index (χ1v) is 18.2. The maximum Gasteiger partial charge on any atom is 0.220 e. The van der Waals surface area contributed by atoms with Crippen molar-refractivity contribution in [2.45, 2.75) is 220 Å². The number of hydrogen-bond acceptors (Lipinski definition) is 3. The van der Waals surface area contributed by atoms with Gasteiger partial charge in [0.15, 0.2) is 0 Å². The summed E-state index contributed by atoms with van der Waals surface area (Å²) in [5, 5.41) is 23.0. The Kier molecular flexibility index (Phi) is 37.8. The Morgan fingerprint density at radius 2 is 0.825 bits per heavy atom.